The van der Waals surface area contributed by atoms with Crippen molar-refractivity contribution in [1.29, 1.82) is 0 Å². The Morgan fingerprint density at radius 3 is 2.47 bits per heavy atom. The van der Waals surface area contributed by atoms with Crippen molar-refractivity contribution in [3.63, 3.8) is 0 Å². The quantitative estimate of drug-likeness (QED) is 0.684. The topological polar surface area (TPSA) is 91.8 Å². The molecule has 0 aromatic rings. The molecular formula is C8H13NO5S. The summed E-state index contributed by atoms with van der Waals surface area (Å²) in [7, 11) is -2.41. The molecular weight excluding hydrogens is 222 g/mol. The highest BCUT2D eigenvalue weighted by Gasteiger charge is 2.44. The van der Waals surface area contributed by atoms with Crippen LogP contribution in [0, 0.1) is 0 Å². The van der Waals surface area contributed by atoms with E-state index < -0.39 is 32.2 Å². The fraction of sp³-hybridized carbons (Fsp3) is 0.750. The Kier molecular flexibility index (Phi) is 3.03. The number of carbonyl (C=O) groups excluding carboxylic acids is 1. The number of hydrogen-bond acceptors (Lipinski definition) is 4. The number of amides is 1. The van der Waals surface area contributed by atoms with Crippen molar-refractivity contribution < 1.29 is 23.1 Å². The van der Waals surface area contributed by atoms with Gasteiger partial charge >= 0.3 is 5.97 Å². The van der Waals surface area contributed by atoms with E-state index in [0.29, 0.717) is 6.54 Å². The van der Waals surface area contributed by atoms with Crippen LogP contribution in [0.15, 0.2) is 0 Å². The lowest BCUT2D eigenvalue weighted by Gasteiger charge is -2.14. The number of sulfone groups is 1. The van der Waals surface area contributed by atoms with Crippen molar-refractivity contribution in [2.24, 2.45) is 0 Å². The lowest BCUT2D eigenvalue weighted by atomic mass is 10.4. The van der Waals surface area contributed by atoms with Crippen LogP contribution in [0.4, 0.5) is 0 Å². The van der Waals surface area contributed by atoms with Crippen molar-refractivity contribution in [2.45, 2.75) is 23.8 Å². The molecule has 0 saturated carbocycles. The highest BCUT2D eigenvalue weighted by molar-refractivity contribution is 7.94. The molecule has 1 rings (SSSR count). The second-order valence-electron chi connectivity index (χ2n) is 3.61. The van der Waals surface area contributed by atoms with Gasteiger partial charge in [-0.25, -0.2) is 8.42 Å². The predicted octanol–water partition coefficient (Wildman–Crippen LogP) is -0.895. The third-order valence-electron chi connectivity index (χ3n) is 2.62. The highest BCUT2D eigenvalue weighted by atomic mass is 32.2. The molecule has 0 radical (unpaired) electrons. The zero-order chi connectivity index (χ0) is 11.8. The van der Waals surface area contributed by atoms with E-state index in [1.807, 2.05) is 0 Å². The second-order valence-corrected chi connectivity index (χ2v) is 6.06. The Hall–Kier alpha value is -1.11. The average Bonchev–Trinajstić information content (AvgIpc) is 2.46. The van der Waals surface area contributed by atoms with Crippen LogP contribution >= 0.6 is 0 Å². The number of carbonyl (C=O) groups is 2. The molecule has 2 atom stereocenters. The summed E-state index contributed by atoms with van der Waals surface area (Å²) < 4.78 is 23.4. The molecule has 1 aliphatic rings. The van der Waals surface area contributed by atoms with E-state index >= 15 is 0 Å². The van der Waals surface area contributed by atoms with Crippen molar-refractivity contribution in [3.05, 3.63) is 0 Å². The van der Waals surface area contributed by atoms with Gasteiger partial charge in [-0.05, 0) is 13.3 Å². The summed E-state index contributed by atoms with van der Waals surface area (Å²) in [6, 6.07) is 0. The monoisotopic (exact) mass is 235 g/mol. The van der Waals surface area contributed by atoms with E-state index in [0.717, 1.165) is 6.92 Å². The summed E-state index contributed by atoms with van der Waals surface area (Å²) >= 11 is 0. The summed E-state index contributed by atoms with van der Waals surface area (Å²) in [4.78, 5) is 23.3. The summed E-state index contributed by atoms with van der Waals surface area (Å²) in [5, 5.41) is 5.91. The normalized spacial score (nSPS) is 24.3. The Morgan fingerprint density at radius 1 is 1.60 bits per heavy atom. The third kappa shape index (κ3) is 1.97. The van der Waals surface area contributed by atoms with Crippen LogP contribution in [0.25, 0.3) is 0 Å². The summed E-state index contributed by atoms with van der Waals surface area (Å²) in [5.74, 6) is -1.93. The maximum absolute atomic E-state index is 11.7. The van der Waals surface area contributed by atoms with Crippen molar-refractivity contribution in [3.8, 4) is 0 Å². The van der Waals surface area contributed by atoms with Gasteiger partial charge in [0.2, 0.25) is 5.91 Å². The van der Waals surface area contributed by atoms with E-state index in [1.165, 1.54) is 11.9 Å². The lowest BCUT2D eigenvalue weighted by Crippen LogP contribution is -2.39. The van der Waals surface area contributed by atoms with Gasteiger partial charge in [0.05, 0.1) is 0 Å². The van der Waals surface area contributed by atoms with Gasteiger partial charge in [0, 0.05) is 13.6 Å². The van der Waals surface area contributed by atoms with Crippen LogP contribution < -0.4 is 0 Å². The number of likely N-dealkylation sites (tertiary alicyclic amines) is 1. The first kappa shape index (κ1) is 12.0. The summed E-state index contributed by atoms with van der Waals surface area (Å²) in [5.41, 5.74) is 0. The first-order chi connectivity index (χ1) is 6.78. The highest BCUT2D eigenvalue weighted by Crippen LogP contribution is 2.21. The van der Waals surface area contributed by atoms with E-state index in [2.05, 4.69) is 0 Å². The molecule has 1 fully saturated rings. The van der Waals surface area contributed by atoms with Crippen LogP contribution in [0.5, 0.6) is 0 Å². The number of rotatable bonds is 3. The lowest BCUT2D eigenvalue weighted by molar-refractivity contribution is -0.136. The van der Waals surface area contributed by atoms with Gasteiger partial charge < -0.3 is 10.0 Å². The minimum absolute atomic E-state index is 0.176. The first-order valence-corrected chi connectivity index (χ1v) is 6.10. The zero-order valence-electron chi connectivity index (χ0n) is 8.50. The average molecular weight is 235 g/mol. The fourth-order valence-electron chi connectivity index (χ4n) is 1.48. The Morgan fingerprint density at radius 2 is 2.13 bits per heavy atom. The van der Waals surface area contributed by atoms with E-state index in [4.69, 9.17) is 5.11 Å². The largest absolute Gasteiger partial charge is 0.480 e. The van der Waals surface area contributed by atoms with Crippen molar-refractivity contribution in [1.82, 2.24) is 4.90 Å². The van der Waals surface area contributed by atoms with Gasteiger partial charge in [0.1, 0.15) is 5.25 Å². The van der Waals surface area contributed by atoms with Crippen molar-refractivity contribution in [2.75, 3.05) is 13.6 Å². The molecule has 86 valence electrons. The molecule has 0 aliphatic carbocycles. The molecule has 7 heteroatoms. The SMILES string of the molecule is CC(C(=O)O)S(=O)(=O)C1CCN(C)C1=O. The van der Waals surface area contributed by atoms with Crippen LogP contribution in [0.1, 0.15) is 13.3 Å². The Labute approximate surface area is 87.8 Å². The number of carboxylic acid groups (broad SMARTS) is 1. The van der Waals surface area contributed by atoms with E-state index in [9.17, 15) is 18.0 Å². The number of aliphatic carboxylic acids is 1. The van der Waals surface area contributed by atoms with Crippen LogP contribution in [-0.2, 0) is 19.4 Å². The minimum atomic E-state index is -3.91. The standard InChI is InChI=1S/C8H13NO5S/c1-5(8(11)12)15(13,14)6-3-4-9(2)7(6)10/h5-6H,3-4H2,1-2H3,(H,11,12). The van der Waals surface area contributed by atoms with Gasteiger partial charge in [0.15, 0.2) is 15.1 Å². The second kappa shape index (κ2) is 3.80. The molecule has 1 saturated heterocycles. The van der Waals surface area contributed by atoms with Gasteiger partial charge in [-0.1, -0.05) is 0 Å². The molecule has 1 aliphatic heterocycles. The molecule has 6 nitrogen and oxygen atoms in total. The van der Waals surface area contributed by atoms with Crippen LogP contribution in [0.3, 0.4) is 0 Å². The molecule has 1 amide bonds. The van der Waals surface area contributed by atoms with Crippen LogP contribution in [-0.4, -0.2) is 54.4 Å². The fourth-order valence-corrected chi connectivity index (χ4v) is 3.15. The molecule has 1 N–H and O–H groups in total. The summed E-state index contributed by atoms with van der Waals surface area (Å²) in [6.45, 7) is 1.44. The maximum Gasteiger partial charge on any atom is 0.321 e. The molecule has 0 aromatic carbocycles. The van der Waals surface area contributed by atoms with Crippen LogP contribution in [0.2, 0.25) is 0 Å². The third-order valence-corrected chi connectivity index (χ3v) is 5.03. The number of nitrogens with zero attached hydrogens (tertiary/aromatic N) is 1. The molecule has 2 unspecified atom stereocenters. The molecule has 1 heterocycles. The van der Waals surface area contributed by atoms with E-state index in [1.54, 1.807) is 0 Å². The number of hydrogen-bond donors (Lipinski definition) is 1. The molecule has 15 heavy (non-hydrogen) atoms. The van der Waals surface area contributed by atoms with Gasteiger partial charge in [-0.3, -0.25) is 9.59 Å². The van der Waals surface area contributed by atoms with Gasteiger partial charge in [-0.2, -0.15) is 0 Å². The Balaban J connectivity index is 2.98. The minimum Gasteiger partial charge on any atom is -0.480 e. The molecule has 0 spiro atoms. The van der Waals surface area contributed by atoms with Gasteiger partial charge in [-0.15, -0.1) is 0 Å². The predicted molar refractivity (Wildman–Crippen MR) is 52.1 cm³/mol. The zero-order valence-corrected chi connectivity index (χ0v) is 9.32. The maximum atomic E-state index is 11.7. The van der Waals surface area contributed by atoms with Crippen molar-refractivity contribution >= 4 is 21.7 Å². The van der Waals surface area contributed by atoms with E-state index in [-0.39, 0.29) is 6.42 Å². The first-order valence-electron chi connectivity index (χ1n) is 4.49. The van der Waals surface area contributed by atoms with Gasteiger partial charge in [0.25, 0.3) is 0 Å². The summed E-state index contributed by atoms with van der Waals surface area (Å²) in [6.07, 6.45) is 0.176. The Bertz CT molecular complexity index is 388. The molecule has 0 bridgehead atoms. The smallest absolute Gasteiger partial charge is 0.321 e. The molecule has 0 aromatic heterocycles. The number of carboxylic acids is 1.